The molecule has 6 heteroatoms. The summed E-state index contributed by atoms with van der Waals surface area (Å²) in [6.45, 7) is 6.47. The summed E-state index contributed by atoms with van der Waals surface area (Å²) in [5, 5.41) is 0. The van der Waals surface area contributed by atoms with Crippen molar-refractivity contribution < 1.29 is 12.8 Å². The maximum Gasteiger partial charge on any atom is 0.243 e. The van der Waals surface area contributed by atoms with Crippen molar-refractivity contribution in [3.05, 3.63) is 30.1 Å². The molecule has 0 saturated carbocycles. The van der Waals surface area contributed by atoms with Crippen LogP contribution in [0, 0.1) is 11.7 Å². The number of hydrogen-bond acceptors (Lipinski definition) is 3. The van der Waals surface area contributed by atoms with E-state index in [1.165, 1.54) is 18.2 Å². The van der Waals surface area contributed by atoms with E-state index >= 15 is 0 Å². The molecule has 0 aromatic heterocycles. The van der Waals surface area contributed by atoms with E-state index in [1.807, 2.05) is 13.8 Å². The van der Waals surface area contributed by atoms with Gasteiger partial charge in [-0.2, -0.15) is 0 Å². The summed E-state index contributed by atoms with van der Waals surface area (Å²) in [7, 11) is -3.79. The Kier molecular flexibility index (Phi) is 4.23. The number of likely N-dealkylation sites (tertiary alicyclic amines) is 1. The highest BCUT2D eigenvalue weighted by Gasteiger charge is 2.32. The van der Waals surface area contributed by atoms with Crippen LogP contribution in [0.2, 0.25) is 0 Å². The van der Waals surface area contributed by atoms with Crippen LogP contribution in [0.15, 0.2) is 29.2 Å². The van der Waals surface area contributed by atoms with Crippen LogP contribution in [-0.2, 0) is 10.0 Å². The van der Waals surface area contributed by atoms with Gasteiger partial charge in [0.1, 0.15) is 10.7 Å². The van der Waals surface area contributed by atoms with Gasteiger partial charge < -0.3 is 4.90 Å². The minimum absolute atomic E-state index is 0.162. The molecule has 1 aromatic rings. The predicted octanol–water partition coefficient (Wildman–Crippen LogP) is 1.44. The first-order valence-electron chi connectivity index (χ1n) is 6.43. The molecular weight excluding hydrogens is 267 g/mol. The average Bonchev–Trinajstić information content (AvgIpc) is 2.70. The van der Waals surface area contributed by atoms with E-state index < -0.39 is 15.8 Å². The highest BCUT2D eigenvalue weighted by atomic mass is 32.2. The summed E-state index contributed by atoms with van der Waals surface area (Å²) >= 11 is 0. The second-order valence-electron chi connectivity index (χ2n) is 4.99. The predicted molar refractivity (Wildman–Crippen MR) is 71.8 cm³/mol. The molecule has 106 valence electrons. The van der Waals surface area contributed by atoms with Crippen LogP contribution < -0.4 is 4.72 Å². The second kappa shape index (κ2) is 5.56. The highest BCUT2D eigenvalue weighted by Crippen LogP contribution is 2.20. The van der Waals surface area contributed by atoms with E-state index in [1.54, 1.807) is 0 Å². The standard InChI is InChI=1S/C13H19FN2O2S/c1-3-16-8-10(2)12(9-16)15-19(17,18)13-7-5-4-6-11(13)14/h4-7,10,12,15H,3,8-9H2,1-2H3. The number of hydrogen-bond donors (Lipinski definition) is 1. The number of likely N-dealkylation sites (N-methyl/N-ethyl adjacent to an activating group) is 1. The molecular formula is C13H19FN2O2S. The van der Waals surface area contributed by atoms with Gasteiger partial charge >= 0.3 is 0 Å². The van der Waals surface area contributed by atoms with E-state index in [0.29, 0.717) is 6.54 Å². The maximum atomic E-state index is 13.6. The monoisotopic (exact) mass is 286 g/mol. The number of rotatable bonds is 4. The lowest BCUT2D eigenvalue weighted by atomic mass is 10.1. The fraction of sp³-hybridized carbons (Fsp3) is 0.538. The number of nitrogens with zero attached hydrogens (tertiary/aromatic N) is 1. The summed E-state index contributed by atoms with van der Waals surface area (Å²) in [4.78, 5) is 1.90. The first kappa shape index (κ1) is 14.4. The Hall–Kier alpha value is -0.980. The largest absolute Gasteiger partial charge is 0.302 e. The maximum absolute atomic E-state index is 13.6. The molecule has 0 radical (unpaired) electrons. The Labute approximate surface area is 113 Å². The molecule has 1 N–H and O–H groups in total. The fourth-order valence-electron chi connectivity index (χ4n) is 2.40. The minimum atomic E-state index is -3.79. The number of sulfonamides is 1. The Morgan fingerprint density at radius 2 is 2.05 bits per heavy atom. The van der Waals surface area contributed by atoms with Crippen LogP contribution in [0.4, 0.5) is 4.39 Å². The summed E-state index contributed by atoms with van der Waals surface area (Å²) in [6, 6.07) is 5.28. The lowest BCUT2D eigenvalue weighted by molar-refractivity contribution is 0.344. The molecule has 0 bridgehead atoms. The van der Waals surface area contributed by atoms with Gasteiger partial charge in [0.25, 0.3) is 0 Å². The second-order valence-corrected chi connectivity index (χ2v) is 6.67. The lowest BCUT2D eigenvalue weighted by Crippen LogP contribution is -2.40. The Morgan fingerprint density at radius 3 is 2.63 bits per heavy atom. The topological polar surface area (TPSA) is 49.4 Å². The highest BCUT2D eigenvalue weighted by molar-refractivity contribution is 7.89. The van der Waals surface area contributed by atoms with E-state index in [4.69, 9.17) is 0 Å². The zero-order valence-electron chi connectivity index (χ0n) is 11.1. The van der Waals surface area contributed by atoms with Crippen LogP contribution in [0.1, 0.15) is 13.8 Å². The van der Waals surface area contributed by atoms with Crippen molar-refractivity contribution in [2.24, 2.45) is 5.92 Å². The van der Waals surface area contributed by atoms with E-state index in [0.717, 1.165) is 19.2 Å². The molecule has 1 aromatic carbocycles. The van der Waals surface area contributed by atoms with E-state index in [9.17, 15) is 12.8 Å². The molecule has 2 rings (SSSR count). The zero-order valence-corrected chi connectivity index (χ0v) is 12.0. The summed E-state index contributed by atoms with van der Waals surface area (Å²) < 4.78 is 40.5. The molecule has 1 heterocycles. The number of halogens is 1. The quantitative estimate of drug-likeness (QED) is 0.911. The molecule has 2 unspecified atom stereocenters. The lowest BCUT2D eigenvalue weighted by Gasteiger charge is -2.17. The zero-order chi connectivity index (χ0) is 14.0. The van der Waals surface area contributed by atoms with Crippen LogP contribution in [0.5, 0.6) is 0 Å². The van der Waals surface area contributed by atoms with Crippen LogP contribution in [-0.4, -0.2) is 39.0 Å². The summed E-state index contributed by atoms with van der Waals surface area (Å²) in [5.74, 6) is -0.491. The summed E-state index contributed by atoms with van der Waals surface area (Å²) in [6.07, 6.45) is 0. The molecule has 1 aliphatic heterocycles. The first-order chi connectivity index (χ1) is 8.94. The molecule has 1 fully saturated rings. The molecule has 0 spiro atoms. The van der Waals surface area contributed by atoms with Crippen molar-refractivity contribution >= 4 is 10.0 Å². The third-order valence-corrected chi connectivity index (χ3v) is 5.09. The molecule has 1 saturated heterocycles. The van der Waals surface area contributed by atoms with Gasteiger partial charge in [-0.3, -0.25) is 0 Å². The van der Waals surface area contributed by atoms with Gasteiger partial charge in [0.05, 0.1) is 0 Å². The van der Waals surface area contributed by atoms with E-state index in [2.05, 4.69) is 9.62 Å². The summed E-state index contributed by atoms with van der Waals surface area (Å²) in [5.41, 5.74) is 0. The van der Waals surface area contributed by atoms with Gasteiger partial charge in [0.15, 0.2) is 0 Å². The Balaban J connectivity index is 2.17. The van der Waals surface area contributed by atoms with Crippen molar-refractivity contribution in [3.63, 3.8) is 0 Å². The SMILES string of the molecule is CCN1CC(C)C(NS(=O)(=O)c2ccccc2F)C1. The first-order valence-corrected chi connectivity index (χ1v) is 7.91. The van der Waals surface area contributed by atoms with Gasteiger partial charge in [-0.25, -0.2) is 17.5 Å². The molecule has 0 amide bonds. The molecule has 2 atom stereocenters. The van der Waals surface area contributed by atoms with Gasteiger partial charge in [0.2, 0.25) is 10.0 Å². The third-order valence-electron chi connectivity index (χ3n) is 3.57. The van der Waals surface area contributed by atoms with Gasteiger partial charge in [-0.1, -0.05) is 26.0 Å². The van der Waals surface area contributed by atoms with E-state index in [-0.39, 0.29) is 16.9 Å². The average molecular weight is 286 g/mol. The smallest absolute Gasteiger partial charge is 0.243 e. The Bertz CT molecular complexity index is 547. The van der Waals surface area contributed by atoms with Crippen molar-refractivity contribution in [2.75, 3.05) is 19.6 Å². The van der Waals surface area contributed by atoms with Crippen molar-refractivity contribution in [1.29, 1.82) is 0 Å². The van der Waals surface area contributed by atoms with Crippen molar-refractivity contribution in [2.45, 2.75) is 24.8 Å². The minimum Gasteiger partial charge on any atom is -0.302 e. The van der Waals surface area contributed by atoms with Crippen LogP contribution in [0.25, 0.3) is 0 Å². The molecule has 0 aliphatic carbocycles. The van der Waals surface area contributed by atoms with Crippen molar-refractivity contribution in [3.8, 4) is 0 Å². The van der Waals surface area contributed by atoms with Crippen LogP contribution >= 0.6 is 0 Å². The van der Waals surface area contributed by atoms with Gasteiger partial charge in [-0.05, 0) is 24.6 Å². The fourth-order valence-corrected chi connectivity index (χ4v) is 3.82. The Morgan fingerprint density at radius 1 is 1.37 bits per heavy atom. The van der Waals surface area contributed by atoms with Gasteiger partial charge in [0, 0.05) is 19.1 Å². The van der Waals surface area contributed by atoms with Gasteiger partial charge in [-0.15, -0.1) is 0 Å². The third kappa shape index (κ3) is 3.13. The molecule has 4 nitrogen and oxygen atoms in total. The van der Waals surface area contributed by atoms with Crippen LogP contribution in [0.3, 0.4) is 0 Å². The molecule has 19 heavy (non-hydrogen) atoms. The van der Waals surface area contributed by atoms with Crippen molar-refractivity contribution in [1.82, 2.24) is 9.62 Å². The number of nitrogens with one attached hydrogen (secondary N) is 1. The normalized spacial score (nSPS) is 24.8. The molecule has 1 aliphatic rings. The number of benzene rings is 1.